The molecule has 0 aliphatic rings. The Morgan fingerprint density at radius 3 is 2.38 bits per heavy atom. The van der Waals surface area contributed by atoms with Gasteiger partial charge in [-0.25, -0.2) is 4.39 Å². The topological polar surface area (TPSA) is 26.0 Å². The van der Waals surface area contributed by atoms with E-state index in [0.717, 1.165) is 0 Å². The van der Waals surface area contributed by atoms with Crippen LogP contribution in [-0.4, -0.2) is 0 Å². The first kappa shape index (κ1) is 11.2. The number of hydrogen-bond acceptors (Lipinski definition) is 1. The maximum Gasteiger partial charge on any atom is 0.125 e. The van der Waals surface area contributed by atoms with Gasteiger partial charge >= 0.3 is 0 Å². The van der Waals surface area contributed by atoms with Crippen molar-refractivity contribution >= 4 is 28.9 Å². The molecule has 0 atom stereocenters. The molecule has 4 heteroatoms. The SMILES string of the molecule is Nc1ccc(-c2cc(F)cc(Cl)c2)c(Cl)c1. The van der Waals surface area contributed by atoms with Gasteiger partial charge in [0.25, 0.3) is 0 Å². The second kappa shape index (κ2) is 4.32. The van der Waals surface area contributed by atoms with Crippen LogP contribution in [0.5, 0.6) is 0 Å². The zero-order valence-electron chi connectivity index (χ0n) is 8.18. The molecule has 2 N–H and O–H groups in total. The molecule has 0 bridgehead atoms. The van der Waals surface area contributed by atoms with Gasteiger partial charge in [0.05, 0.1) is 5.02 Å². The average Bonchev–Trinajstić information content (AvgIpc) is 2.15. The number of nitrogens with two attached hydrogens (primary N) is 1. The van der Waals surface area contributed by atoms with Crippen LogP contribution in [0.15, 0.2) is 36.4 Å². The number of hydrogen-bond donors (Lipinski definition) is 1. The van der Waals surface area contributed by atoms with E-state index in [-0.39, 0.29) is 0 Å². The van der Waals surface area contributed by atoms with Crippen molar-refractivity contribution in [3.63, 3.8) is 0 Å². The Labute approximate surface area is 103 Å². The molecule has 82 valence electrons. The van der Waals surface area contributed by atoms with E-state index in [4.69, 9.17) is 28.9 Å². The average molecular weight is 256 g/mol. The standard InChI is InChI=1S/C12H8Cl2FN/c13-8-3-7(4-9(15)5-8)11-2-1-10(16)6-12(11)14/h1-6H,16H2. The van der Waals surface area contributed by atoms with Crippen molar-refractivity contribution in [1.29, 1.82) is 0 Å². The Hall–Kier alpha value is -1.25. The first-order chi connectivity index (χ1) is 7.56. The molecule has 0 aliphatic heterocycles. The van der Waals surface area contributed by atoms with Crippen LogP contribution in [0, 0.1) is 5.82 Å². The minimum atomic E-state index is -0.393. The Kier molecular flexibility index (Phi) is 3.03. The summed E-state index contributed by atoms with van der Waals surface area (Å²) in [5.74, 6) is -0.393. The molecule has 2 rings (SSSR count). The quantitative estimate of drug-likeness (QED) is 0.752. The molecule has 0 amide bonds. The van der Waals surface area contributed by atoms with Gasteiger partial charge in [0.1, 0.15) is 5.82 Å². The summed E-state index contributed by atoms with van der Waals surface area (Å²) < 4.78 is 13.2. The van der Waals surface area contributed by atoms with Crippen LogP contribution in [0.2, 0.25) is 10.0 Å². The van der Waals surface area contributed by atoms with Crippen LogP contribution >= 0.6 is 23.2 Å². The van der Waals surface area contributed by atoms with E-state index in [1.165, 1.54) is 12.1 Å². The molecular formula is C12H8Cl2FN. The van der Waals surface area contributed by atoms with Crippen molar-refractivity contribution in [2.75, 3.05) is 5.73 Å². The lowest BCUT2D eigenvalue weighted by atomic mass is 10.1. The Balaban J connectivity index is 2.58. The van der Waals surface area contributed by atoms with E-state index in [1.807, 2.05) is 0 Å². The van der Waals surface area contributed by atoms with Gasteiger partial charge in [-0.05, 0) is 35.9 Å². The minimum absolute atomic E-state index is 0.336. The van der Waals surface area contributed by atoms with E-state index >= 15 is 0 Å². The van der Waals surface area contributed by atoms with Gasteiger partial charge in [-0.3, -0.25) is 0 Å². The normalized spacial score (nSPS) is 10.4. The van der Waals surface area contributed by atoms with E-state index in [2.05, 4.69) is 0 Å². The molecule has 0 spiro atoms. The van der Waals surface area contributed by atoms with Crippen molar-refractivity contribution in [3.05, 3.63) is 52.3 Å². The third kappa shape index (κ3) is 2.29. The Morgan fingerprint density at radius 1 is 1.00 bits per heavy atom. The highest BCUT2D eigenvalue weighted by Gasteiger charge is 2.06. The van der Waals surface area contributed by atoms with Gasteiger partial charge in [-0.1, -0.05) is 29.3 Å². The molecular weight excluding hydrogens is 248 g/mol. The Morgan fingerprint density at radius 2 is 1.75 bits per heavy atom. The van der Waals surface area contributed by atoms with Crippen molar-refractivity contribution in [1.82, 2.24) is 0 Å². The molecule has 0 aliphatic carbocycles. The maximum atomic E-state index is 13.2. The van der Waals surface area contributed by atoms with Crippen LogP contribution in [-0.2, 0) is 0 Å². The van der Waals surface area contributed by atoms with E-state index in [1.54, 1.807) is 24.3 Å². The largest absolute Gasteiger partial charge is 0.399 e. The summed E-state index contributed by atoms with van der Waals surface area (Å²) in [6.07, 6.45) is 0. The third-order valence-electron chi connectivity index (χ3n) is 2.17. The number of anilines is 1. The first-order valence-corrected chi connectivity index (χ1v) is 5.33. The summed E-state index contributed by atoms with van der Waals surface area (Å²) in [6, 6.07) is 9.35. The van der Waals surface area contributed by atoms with Gasteiger partial charge in [-0.15, -0.1) is 0 Å². The van der Waals surface area contributed by atoms with Crippen LogP contribution < -0.4 is 5.73 Å². The fraction of sp³-hybridized carbons (Fsp3) is 0. The van der Waals surface area contributed by atoms with E-state index in [0.29, 0.717) is 26.9 Å². The number of rotatable bonds is 1. The Bertz CT molecular complexity index is 520. The molecule has 0 unspecified atom stereocenters. The molecule has 0 fully saturated rings. The highest BCUT2D eigenvalue weighted by atomic mass is 35.5. The molecule has 0 saturated heterocycles. The maximum absolute atomic E-state index is 13.2. The molecule has 0 saturated carbocycles. The molecule has 16 heavy (non-hydrogen) atoms. The van der Waals surface area contributed by atoms with Crippen LogP contribution in [0.1, 0.15) is 0 Å². The molecule has 2 aromatic carbocycles. The lowest BCUT2D eigenvalue weighted by molar-refractivity contribution is 0.628. The smallest absolute Gasteiger partial charge is 0.125 e. The van der Waals surface area contributed by atoms with Crippen LogP contribution in [0.4, 0.5) is 10.1 Å². The van der Waals surface area contributed by atoms with Crippen molar-refractivity contribution in [2.45, 2.75) is 0 Å². The summed E-state index contributed by atoms with van der Waals surface area (Å²) in [6.45, 7) is 0. The fourth-order valence-corrected chi connectivity index (χ4v) is 1.99. The molecule has 1 nitrogen and oxygen atoms in total. The van der Waals surface area contributed by atoms with Crippen molar-refractivity contribution in [2.24, 2.45) is 0 Å². The second-order valence-electron chi connectivity index (χ2n) is 3.40. The molecule has 0 heterocycles. The van der Waals surface area contributed by atoms with Crippen molar-refractivity contribution < 1.29 is 4.39 Å². The van der Waals surface area contributed by atoms with Crippen LogP contribution in [0.3, 0.4) is 0 Å². The summed E-state index contributed by atoms with van der Waals surface area (Å²) in [4.78, 5) is 0. The predicted molar refractivity (Wildman–Crippen MR) is 66.3 cm³/mol. The van der Waals surface area contributed by atoms with Gasteiger partial charge in [0.15, 0.2) is 0 Å². The number of halogens is 3. The van der Waals surface area contributed by atoms with Crippen LogP contribution in [0.25, 0.3) is 11.1 Å². The van der Waals surface area contributed by atoms with Gasteiger partial charge in [-0.2, -0.15) is 0 Å². The summed E-state index contributed by atoms with van der Waals surface area (Å²) in [5, 5.41) is 0.810. The lowest BCUT2D eigenvalue weighted by Crippen LogP contribution is -1.87. The van der Waals surface area contributed by atoms with Gasteiger partial charge in [0, 0.05) is 16.3 Å². The molecule has 0 aromatic heterocycles. The zero-order chi connectivity index (χ0) is 11.7. The summed E-state index contributed by atoms with van der Waals surface area (Å²) in [7, 11) is 0. The predicted octanol–water partition coefficient (Wildman–Crippen LogP) is 4.38. The number of benzene rings is 2. The molecule has 2 aromatic rings. The highest BCUT2D eigenvalue weighted by Crippen LogP contribution is 2.31. The minimum Gasteiger partial charge on any atom is -0.399 e. The summed E-state index contributed by atoms with van der Waals surface area (Å²) in [5.41, 5.74) is 7.49. The van der Waals surface area contributed by atoms with E-state index < -0.39 is 5.82 Å². The van der Waals surface area contributed by atoms with E-state index in [9.17, 15) is 4.39 Å². The highest BCUT2D eigenvalue weighted by molar-refractivity contribution is 6.34. The fourth-order valence-electron chi connectivity index (χ4n) is 1.47. The number of nitrogen functional groups attached to an aromatic ring is 1. The summed E-state index contributed by atoms with van der Waals surface area (Å²) >= 11 is 11.8. The van der Waals surface area contributed by atoms with Gasteiger partial charge < -0.3 is 5.73 Å². The zero-order valence-corrected chi connectivity index (χ0v) is 9.69. The third-order valence-corrected chi connectivity index (χ3v) is 2.70. The lowest BCUT2D eigenvalue weighted by Gasteiger charge is -2.06. The van der Waals surface area contributed by atoms with Crippen molar-refractivity contribution in [3.8, 4) is 11.1 Å². The first-order valence-electron chi connectivity index (χ1n) is 4.58. The molecule has 0 radical (unpaired) electrons. The second-order valence-corrected chi connectivity index (χ2v) is 4.24. The monoisotopic (exact) mass is 255 g/mol. The van der Waals surface area contributed by atoms with Gasteiger partial charge in [0.2, 0.25) is 0 Å².